The molecule has 0 radical (unpaired) electrons. The first-order valence-corrected chi connectivity index (χ1v) is 4.91. The average Bonchev–Trinajstić information content (AvgIpc) is 2.46. The van der Waals surface area contributed by atoms with Crippen LogP contribution in [0, 0.1) is 5.92 Å². The molecule has 3 unspecified atom stereocenters. The predicted octanol–water partition coefficient (Wildman–Crippen LogP) is 2.53. The Balaban J connectivity index is 2.12. The number of hydrogen-bond donors (Lipinski definition) is 1. The van der Waals surface area contributed by atoms with E-state index in [-0.39, 0.29) is 6.10 Å². The Kier molecular flexibility index (Phi) is 2.00. The highest BCUT2D eigenvalue weighted by molar-refractivity contribution is 9.10. The minimum atomic E-state index is -0.140. The molecular weight excluding hydrogens is 220 g/mol. The summed E-state index contributed by atoms with van der Waals surface area (Å²) in [5, 5.41) is 9.30. The third kappa shape index (κ3) is 1.21. The number of furan rings is 1. The van der Waals surface area contributed by atoms with E-state index >= 15 is 0 Å². The molecule has 1 aromatic heterocycles. The second kappa shape index (κ2) is 2.89. The molecule has 1 fully saturated rings. The van der Waals surface area contributed by atoms with Crippen LogP contribution >= 0.6 is 15.9 Å². The molecule has 0 aliphatic heterocycles. The molecule has 1 N–H and O–H groups in total. The van der Waals surface area contributed by atoms with Crippen molar-refractivity contribution in [1.82, 2.24) is 0 Å². The van der Waals surface area contributed by atoms with Crippen molar-refractivity contribution in [2.45, 2.75) is 25.4 Å². The summed E-state index contributed by atoms with van der Waals surface area (Å²) in [4.78, 5) is 0. The van der Waals surface area contributed by atoms with Crippen molar-refractivity contribution in [3.63, 3.8) is 0 Å². The second-order valence-corrected chi connectivity index (χ2v) is 4.19. The van der Waals surface area contributed by atoms with Crippen molar-refractivity contribution in [3.8, 4) is 0 Å². The number of aliphatic hydroxyl groups excluding tert-OH is 1. The van der Waals surface area contributed by atoms with E-state index in [2.05, 4.69) is 22.9 Å². The van der Waals surface area contributed by atoms with Gasteiger partial charge >= 0.3 is 0 Å². The molecular formula is C9H11BrO2. The maximum Gasteiger partial charge on any atom is 0.169 e. The van der Waals surface area contributed by atoms with Gasteiger partial charge in [0, 0.05) is 5.92 Å². The molecule has 0 aromatic carbocycles. The van der Waals surface area contributed by atoms with Crippen molar-refractivity contribution in [1.29, 1.82) is 0 Å². The third-order valence-electron chi connectivity index (χ3n) is 2.70. The van der Waals surface area contributed by atoms with Crippen LogP contribution in [0.25, 0.3) is 0 Å². The normalized spacial score (nSPS) is 34.8. The van der Waals surface area contributed by atoms with Gasteiger partial charge < -0.3 is 9.52 Å². The highest BCUT2D eigenvalue weighted by atomic mass is 79.9. The minimum absolute atomic E-state index is 0.140. The van der Waals surface area contributed by atoms with E-state index in [0.717, 1.165) is 16.9 Å². The lowest BCUT2D eigenvalue weighted by Gasteiger charge is -2.37. The van der Waals surface area contributed by atoms with Gasteiger partial charge in [-0.1, -0.05) is 6.92 Å². The molecule has 0 spiro atoms. The van der Waals surface area contributed by atoms with E-state index in [1.807, 2.05) is 12.1 Å². The van der Waals surface area contributed by atoms with Crippen molar-refractivity contribution in [3.05, 3.63) is 22.6 Å². The van der Waals surface area contributed by atoms with Crippen LogP contribution in [0.3, 0.4) is 0 Å². The summed E-state index contributed by atoms with van der Waals surface area (Å²) < 4.78 is 6.18. The third-order valence-corrected chi connectivity index (χ3v) is 3.12. The molecule has 1 aliphatic carbocycles. The first-order valence-electron chi connectivity index (χ1n) is 4.12. The Labute approximate surface area is 79.7 Å². The summed E-state index contributed by atoms with van der Waals surface area (Å²) in [5.74, 6) is 1.73. The van der Waals surface area contributed by atoms with Gasteiger partial charge in [0.1, 0.15) is 5.76 Å². The van der Waals surface area contributed by atoms with E-state index in [4.69, 9.17) is 4.42 Å². The van der Waals surface area contributed by atoms with Crippen LogP contribution in [0.4, 0.5) is 0 Å². The lowest BCUT2D eigenvalue weighted by molar-refractivity contribution is 0.00411. The minimum Gasteiger partial charge on any atom is -0.454 e. The van der Waals surface area contributed by atoms with Crippen molar-refractivity contribution >= 4 is 15.9 Å². The lowest BCUT2D eigenvalue weighted by atomic mass is 9.71. The fraction of sp³-hybridized carbons (Fsp3) is 0.556. The Bertz CT molecular complexity index is 282. The second-order valence-electron chi connectivity index (χ2n) is 3.41. The Hall–Kier alpha value is -0.280. The summed E-state index contributed by atoms with van der Waals surface area (Å²) in [6.45, 7) is 2.05. The van der Waals surface area contributed by atoms with Gasteiger partial charge in [0.05, 0.1) is 6.10 Å². The molecule has 2 nitrogen and oxygen atoms in total. The van der Waals surface area contributed by atoms with Crippen molar-refractivity contribution in [2.24, 2.45) is 5.92 Å². The van der Waals surface area contributed by atoms with E-state index in [1.54, 1.807) is 0 Å². The molecule has 1 aromatic rings. The molecule has 2 rings (SSSR count). The SMILES string of the molecule is CC1C(O)CC1c1ccc(Br)o1. The highest BCUT2D eigenvalue weighted by Crippen LogP contribution is 2.43. The van der Waals surface area contributed by atoms with Gasteiger partial charge in [0.15, 0.2) is 4.67 Å². The Morgan fingerprint density at radius 1 is 1.58 bits per heavy atom. The number of halogens is 1. The van der Waals surface area contributed by atoms with E-state index < -0.39 is 0 Å². The van der Waals surface area contributed by atoms with Crippen LogP contribution in [0.2, 0.25) is 0 Å². The standard InChI is InChI=1S/C9H11BrO2/c1-5-6(4-7(5)11)8-2-3-9(10)12-8/h2-3,5-7,11H,4H2,1H3. The zero-order valence-corrected chi connectivity index (χ0v) is 8.41. The molecule has 1 heterocycles. The lowest BCUT2D eigenvalue weighted by Crippen LogP contribution is -2.37. The Morgan fingerprint density at radius 2 is 2.33 bits per heavy atom. The molecule has 0 amide bonds. The first-order chi connectivity index (χ1) is 5.68. The molecule has 1 aliphatic rings. The van der Waals surface area contributed by atoms with Crippen molar-refractivity contribution in [2.75, 3.05) is 0 Å². The van der Waals surface area contributed by atoms with Gasteiger partial charge in [0.25, 0.3) is 0 Å². The molecule has 3 heteroatoms. The summed E-state index contributed by atoms with van der Waals surface area (Å²) in [5.41, 5.74) is 0. The van der Waals surface area contributed by atoms with E-state index in [0.29, 0.717) is 11.8 Å². The molecule has 12 heavy (non-hydrogen) atoms. The van der Waals surface area contributed by atoms with Crippen LogP contribution < -0.4 is 0 Å². The average molecular weight is 231 g/mol. The largest absolute Gasteiger partial charge is 0.454 e. The zero-order chi connectivity index (χ0) is 8.72. The molecule has 3 atom stereocenters. The zero-order valence-electron chi connectivity index (χ0n) is 6.83. The molecule has 0 bridgehead atoms. The van der Waals surface area contributed by atoms with Crippen LogP contribution in [0.1, 0.15) is 25.0 Å². The van der Waals surface area contributed by atoms with Crippen LogP contribution in [-0.4, -0.2) is 11.2 Å². The number of hydrogen-bond acceptors (Lipinski definition) is 2. The highest BCUT2D eigenvalue weighted by Gasteiger charge is 2.39. The fourth-order valence-corrected chi connectivity index (χ4v) is 1.98. The van der Waals surface area contributed by atoms with Crippen molar-refractivity contribution < 1.29 is 9.52 Å². The number of rotatable bonds is 1. The maximum atomic E-state index is 9.30. The predicted molar refractivity (Wildman–Crippen MR) is 48.9 cm³/mol. The van der Waals surface area contributed by atoms with E-state index in [9.17, 15) is 5.11 Å². The number of aliphatic hydroxyl groups is 1. The topological polar surface area (TPSA) is 33.4 Å². The summed E-state index contributed by atoms with van der Waals surface area (Å²) in [6, 6.07) is 3.86. The summed E-state index contributed by atoms with van der Waals surface area (Å²) in [6.07, 6.45) is 0.695. The molecule has 0 saturated heterocycles. The smallest absolute Gasteiger partial charge is 0.169 e. The van der Waals surface area contributed by atoms with Gasteiger partial charge in [0.2, 0.25) is 0 Å². The van der Waals surface area contributed by atoms with Gasteiger partial charge in [-0.05, 0) is 40.4 Å². The van der Waals surface area contributed by atoms with Crippen LogP contribution in [0.5, 0.6) is 0 Å². The van der Waals surface area contributed by atoms with Gasteiger partial charge in [-0.3, -0.25) is 0 Å². The Morgan fingerprint density at radius 3 is 2.75 bits per heavy atom. The molecule has 1 saturated carbocycles. The summed E-state index contributed by atoms with van der Waals surface area (Å²) in [7, 11) is 0. The quantitative estimate of drug-likeness (QED) is 0.805. The van der Waals surface area contributed by atoms with E-state index in [1.165, 1.54) is 0 Å². The van der Waals surface area contributed by atoms with Crippen LogP contribution in [-0.2, 0) is 0 Å². The fourth-order valence-electron chi connectivity index (χ4n) is 1.66. The first kappa shape index (κ1) is 8.32. The van der Waals surface area contributed by atoms with Gasteiger partial charge in [-0.15, -0.1) is 0 Å². The summed E-state index contributed by atoms with van der Waals surface area (Å²) >= 11 is 3.26. The molecule has 66 valence electrons. The van der Waals surface area contributed by atoms with Crippen LogP contribution in [0.15, 0.2) is 21.2 Å². The monoisotopic (exact) mass is 230 g/mol. The van der Waals surface area contributed by atoms with Gasteiger partial charge in [-0.2, -0.15) is 0 Å². The van der Waals surface area contributed by atoms with Gasteiger partial charge in [-0.25, -0.2) is 0 Å². The maximum absolute atomic E-state index is 9.30.